The summed E-state index contributed by atoms with van der Waals surface area (Å²) in [4.78, 5) is 0. The average molecular weight is 221 g/mol. The van der Waals surface area contributed by atoms with Crippen LogP contribution in [0, 0.1) is 0 Å². The first-order valence-corrected chi connectivity index (χ1v) is 4.41. The molecule has 1 N–H and O–H groups in total. The summed E-state index contributed by atoms with van der Waals surface area (Å²) in [6.07, 6.45) is 1.53. The van der Waals surface area contributed by atoms with E-state index in [-0.39, 0.29) is 11.6 Å². The fourth-order valence-corrected chi connectivity index (χ4v) is 1.58. The molecule has 0 atom stereocenters. The van der Waals surface area contributed by atoms with Crippen molar-refractivity contribution in [2.75, 3.05) is 0 Å². The molecule has 0 unspecified atom stereocenters. The SMILES string of the molecule is CCC1=C(F)CCC(Br)=C1O. The van der Waals surface area contributed by atoms with E-state index in [1.165, 1.54) is 0 Å². The van der Waals surface area contributed by atoms with Crippen LogP contribution in [0.2, 0.25) is 0 Å². The van der Waals surface area contributed by atoms with Crippen LogP contribution >= 0.6 is 15.9 Å². The van der Waals surface area contributed by atoms with Crippen molar-refractivity contribution in [1.82, 2.24) is 0 Å². The monoisotopic (exact) mass is 220 g/mol. The number of rotatable bonds is 1. The summed E-state index contributed by atoms with van der Waals surface area (Å²) < 4.78 is 13.7. The summed E-state index contributed by atoms with van der Waals surface area (Å²) in [5, 5.41) is 9.34. The first kappa shape index (κ1) is 8.78. The van der Waals surface area contributed by atoms with Gasteiger partial charge in [0.15, 0.2) is 0 Å². The van der Waals surface area contributed by atoms with Crippen LogP contribution in [0.15, 0.2) is 21.6 Å². The number of halogens is 2. The Bertz CT molecular complexity index is 230. The zero-order chi connectivity index (χ0) is 8.43. The summed E-state index contributed by atoms with van der Waals surface area (Å²) in [7, 11) is 0. The highest BCUT2D eigenvalue weighted by atomic mass is 79.9. The zero-order valence-electron chi connectivity index (χ0n) is 6.32. The quantitative estimate of drug-likeness (QED) is 0.717. The Hall–Kier alpha value is -0.310. The lowest BCUT2D eigenvalue weighted by Gasteiger charge is -2.14. The third-order valence-corrected chi connectivity index (χ3v) is 2.56. The number of allylic oxidation sites excluding steroid dienone is 3. The molecule has 0 fully saturated rings. The Kier molecular flexibility index (Phi) is 2.71. The first-order valence-electron chi connectivity index (χ1n) is 3.62. The van der Waals surface area contributed by atoms with Crippen LogP contribution < -0.4 is 0 Å². The maximum atomic E-state index is 12.9. The Morgan fingerprint density at radius 2 is 2.18 bits per heavy atom. The van der Waals surface area contributed by atoms with E-state index in [0.717, 1.165) is 4.48 Å². The van der Waals surface area contributed by atoms with E-state index in [1.807, 2.05) is 6.92 Å². The standard InChI is InChI=1S/C8H10BrFO/c1-2-5-7(10)4-3-6(9)8(5)11/h11H,2-4H2,1H3. The van der Waals surface area contributed by atoms with Crippen LogP contribution in [0.3, 0.4) is 0 Å². The van der Waals surface area contributed by atoms with Crippen molar-refractivity contribution >= 4 is 15.9 Å². The van der Waals surface area contributed by atoms with Crippen molar-refractivity contribution in [1.29, 1.82) is 0 Å². The molecule has 0 saturated heterocycles. The van der Waals surface area contributed by atoms with Crippen molar-refractivity contribution in [3.05, 3.63) is 21.6 Å². The average Bonchev–Trinajstić information content (AvgIpc) is 1.99. The number of hydrogen-bond donors (Lipinski definition) is 1. The van der Waals surface area contributed by atoms with Crippen LogP contribution in [0.1, 0.15) is 26.2 Å². The first-order chi connectivity index (χ1) is 5.16. The van der Waals surface area contributed by atoms with Crippen molar-refractivity contribution in [3.63, 3.8) is 0 Å². The second-order valence-electron chi connectivity index (χ2n) is 2.49. The van der Waals surface area contributed by atoms with Crippen LogP contribution in [-0.2, 0) is 0 Å². The van der Waals surface area contributed by atoms with Crippen LogP contribution in [0.25, 0.3) is 0 Å². The smallest absolute Gasteiger partial charge is 0.131 e. The van der Waals surface area contributed by atoms with E-state index < -0.39 is 0 Å². The Balaban J connectivity index is 3.00. The van der Waals surface area contributed by atoms with E-state index in [1.54, 1.807) is 0 Å². The summed E-state index contributed by atoms with van der Waals surface area (Å²) in [6, 6.07) is 0. The summed E-state index contributed by atoms with van der Waals surface area (Å²) in [5.41, 5.74) is 0.447. The molecule has 0 radical (unpaired) electrons. The molecule has 3 heteroatoms. The number of aliphatic hydroxyl groups is 1. The van der Waals surface area contributed by atoms with Gasteiger partial charge in [0, 0.05) is 16.5 Å². The molecule has 62 valence electrons. The molecule has 0 saturated carbocycles. The minimum Gasteiger partial charge on any atom is -0.507 e. The topological polar surface area (TPSA) is 20.2 Å². The van der Waals surface area contributed by atoms with Gasteiger partial charge >= 0.3 is 0 Å². The van der Waals surface area contributed by atoms with Gasteiger partial charge in [-0.25, -0.2) is 4.39 Å². The van der Waals surface area contributed by atoms with Gasteiger partial charge in [0.2, 0.25) is 0 Å². The fraction of sp³-hybridized carbons (Fsp3) is 0.500. The van der Waals surface area contributed by atoms with E-state index in [2.05, 4.69) is 15.9 Å². The molecule has 0 bridgehead atoms. The zero-order valence-corrected chi connectivity index (χ0v) is 7.91. The lowest BCUT2D eigenvalue weighted by atomic mass is 10.0. The lowest BCUT2D eigenvalue weighted by molar-refractivity contribution is 0.398. The molecule has 0 aliphatic heterocycles. The Morgan fingerprint density at radius 1 is 1.55 bits per heavy atom. The summed E-state index contributed by atoms with van der Waals surface area (Å²) in [5.74, 6) is -0.0792. The van der Waals surface area contributed by atoms with E-state index in [0.29, 0.717) is 24.8 Å². The molecule has 0 aromatic rings. The normalized spacial score (nSPS) is 19.5. The largest absolute Gasteiger partial charge is 0.507 e. The minimum absolute atomic E-state index is 0.0938. The molecule has 0 heterocycles. The van der Waals surface area contributed by atoms with Crippen molar-refractivity contribution < 1.29 is 9.50 Å². The lowest BCUT2D eigenvalue weighted by Crippen LogP contribution is -2.00. The van der Waals surface area contributed by atoms with E-state index >= 15 is 0 Å². The summed E-state index contributed by atoms with van der Waals surface area (Å²) >= 11 is 3.19. The molecule has 11 heavy (non-hydrogen) atoms. The van der Waals surface area contributed by atoms with E-state index in [9.17, 15) is 9.50 Å². The minimum atomic E-state index is -0.173. The van der Waals surface area contributed by atoms with Crippen LogP contribution in [0.4, 0.5) is 4.39 Å². The molecule has 0 aromatic carbocycles. The van der Waals surface area contributed by atoms with Crippen LogP contribution in [0.5, 0.6) is 0 Å². The van der Waals surface area contributed by atoms with Gasteiger partial charge < -0.3 is 5.11 Å². The third kappa shape index (κ3) is 1.64. The predicted molar refractivity (Wildman–Crippen MR) is 46.2 cm³/mol. The second-order valence-corrected chi connectivity index (χ2v) is 3.45. The van der Waals surface area contributed by atoms with Gasteiger partial charge in [-0.1, -0.05) is 22.9 Å². The molecule has 0 spiro atoms. The van der Waals surface area contributed by atoms with Gasteiger partial charge in [-0.05, 0) is 12.8 Å². The molecule has 1 nitrogen and oxygen atoms in total. The van der Waals surface area contributed by atoms with Gasteiger partial charge in [0.25, 0.3) is 0 Å². The van der Waals surface area contributed by atoms with Gasteiger partial charge in [0.05, 0.1) is 0 Å². The third-order valence-electron chi connectivity index (χ3n) is 1.79. The number of hydrogen-bond acceptors (Lipinski definition) is 1. The number of aliphatic hydroxyl groups excluding tert-OH is 1. The van der Waals surface area contributed by atoms with Gasteiger partial charge in [0.1, 0.15) is 11.6 Å². The van der Waals surface area contributed by atoms with Crippen molar-refractivity contribution in [2.24, 2.45) is 0 Å². The molecular weight excluding hydrogens is 211 g/mol. The Labute approximate surface area is 73.7 Å². The molecule has 0 aromatic heterocycles. The van der Waals surface area contributed by atoms with Crippen molar-refractivity contribution in [3.8, 4) is 0 Å². The maximum absolute atomic E-state index is 12.9. The second kappa shape index (κ2) is 3.39. The highest BCUT2D eigenvalue weighted by Crippen LogP contribution is 2.33. The Morgan fingerprint density at radius 3 is 2.64 bits per heavy atom. The molecule has 1 rings (SSSR count). The van der Waals surface area contributed by atoms with Gasteiger partial charge in [-0.3, -0.25) is 0 Å². The van der Waals surface area contributed by atoms with Gasteiger partial charge in [-0.2, -0.15) is 0 Å². The van der Waals surface area contributed by atoms with Crippen LogP contribution in [-0.4, -0.2) is 5.11 Å². The highest BCUT2D eigenvalue weighted by Gasteiger charge is 2.18. The van der Waals surface area contributed by atoms with E-state index in [4.69, 9.17) is 0 Å². The predicted octanol–water partition coefficient (Wildman–Crippen LogP) is 3.58. The van der Waals surface area contributed by atoms with Crippen molar-refractivity contribution in [2.45, 2.75) is 26.2 Å². The molecule has 0 amide bonds. The maximum Gasteiger partial charge on any atom is 0.131 e. The van der Waals surface area contributed by atoms with Gasteiger partial charge in [-0.15, -0.1) is 0 Å². The molecular formula is C8H10BrFO. The molecule has 1 aliphatic rings. The highest BCUT2D eigenvalue weighted by molar-refractivity contribution is 9.11. The summed E-state index contributed by atoms with van der Waals surface area (Å²) in [6.45, 7) is 1.83. The molecule has 1 aliphatic carbocycles. The fourth-order valence-electron chi connectivity index (χ4n) is 1.14.